The van der Waals surface area contributed by atoms with Crippen LogP contribution in [-0.4, -0.2) is 38.7 Å². The van der Waals surface area contributed by atoms with Gasteiger partial charge in [0.2, 0.25) is 0 Å². The van der Waals surface area contributed by atoms with Crippen molar-refractivity contribution in [1.82, 2.24) is 10.2 Å². The first-order valence-electron chi connectivity index (χ1n) is 6.12. The summed E-state index contributed by atoms with van der Waals surface area (Å²) in [4.78, 5) is 2.30. The van der Waals surface area contributed by atoms with Gasteiger partial charge < -0.3 is 15.0 Å². The zero-order valence-electron chi connectivity index (χ0n) is 11.2. The maximum Gasteiger partial charge on any atom is 0.118 e. The molecule has 0 heterocycles. The molecule has 3 heteroatoms. The van der Waals surface area contributed by atoms with Gasteiger partial charge in [0.1, 0.15) is 5.75 Å². The second-order valence-electron chi connectivity index (χ2n) is 5.05. The monoisotopic (exact) mass is 234 g/mol. The molecule has 1 fully saturated rings. The maximum atomic E-state index is 5.21. The van der Waals surface area contributed by atoms with Crippen LogP contribution in [0.3, 0.4) is 0 Å². The lowest BCUT2D eigenvalue weighted by Gasteiger charge is -2.33. The van der Waals surface area contributed by atoms with Crippen molar-refractivity contribution >= 4 is 0 Å². The van der Waals surface area contributed by atoms with Gasteiger partial charge in [-0.1, -0.05) is 12.1 Å². The zero-order valence-corrected chi connectivity index (χ0v) is 11.2. The van der Waals surface area contributed by atoms with E-state index in [0.29, 0.717) is 6.04 Å². The highest BCUT2D eigenvalue weighted by molar-refractivity contribution is 5.32. The lowest BCUT2D eigenvalue weighted by atomic mass is 9.96. The van der Waals surface area contributed by atoms with Crippen LogP contribution in [0.4, 0.5) is 0 Å². The van der Waals surface area contributed by atoms with Crippen molar-refractivity contribution in [3.05, 3.63) is 29.8 Å². The predicted molar refractivity (Wildman–Crippen MR) is 70.4 cm³/mol. The minimum absolute atomic E-state index is 0.262. The molecule has 1 saturated carbocycles. The molecule has 0 aliphatic heterocycles. The summed E-state index contributed by atoms with van der Waals surface area (Å²) < 4.78 is 5.21. The average molecular weight is 234 g/mol. The summed E-state index contributed by atoms with van der Waals surface area (Å²) in [5.41, 5.74) is 1.61. The van der Waals surface area contributed by atoms with E-state index in [1.54, 1.807) is 7.11 Å². The molecule has 1 atom stereocenters. The first-order chi connectivity index (χ1) is 8.13. The van der Waals surface area contributed by atoms with Crippen molar-refractivity contribution < 1.29 is 4.74 Å². The van der Waals surface area contributed by atoms with E-state index in [9.17, 15) is 0 Å². The van der Waals surface area contributed by atoms with E-state index >= 15 is 0 Å². The number of likely N-dealkylation sites (N-methyl/N-ethyl adjacent to an activating group) is 2. The van der Waals surface area contributed by atoms with Crippen molar-refractivity contribution in [2.75, 3.05) is 28.3 Å². The third-order valence-corrected chi connectivity index (χ3v) is 3.76. The summed E-state index contributed by atoms with van der Waals surface area (Å²) in [5.74, 6) is 0.917. The average Bonchev–Trinajstić information content (AvgIpc) is 3.11. The fourth-order valence-electron chi connectivity index (χ4n) is 2.69. The van der Waals surface area contributed by atoms with Crippen LogP contribution in [0.2, 0.25) is 0 Å². The Kier molecular flexibility index (Phi) is 3.40. The molecule has 1 aromatic carbocycles. The minimum atomic E-state index is 0.262. The van der Waals surface area contributed by atoms with Crippen LogP contribution in [0.15, 0.2) is 24.3 Å². The fourth-order valence-corrected chi connectivity index (χ4v) is 2.69. The second-order valence-corrected chi connectivity index (χ2v) is 5.05. The number of hydrogen-bond acceptors (Lipinski definition) is 3. The molecule has 0 radical (unpaired) electrons. The first-order valence-corrected chi connectivity index (χ1v) is 6.12. The largest absolute Gasteiger partial charge is 0.497 e. The van der Waals surface area contributed by atoms with Gasteiger partial charge in [-0.05, 0) is 51.7 Å². The summed E-state index contributed by atoms with van der Waals surface area (Å²) in [7, 11) is 8.06. The highest BCUT2D eigenvalue weighted by atomic mass is 16.5. The number of rotatable bonds is 5. The quantitative estimate of drug-likeness (QED) is 0.844. The van der Waals surface area contributed by atoms with Gasteiger partial charge in [-0.25, -0.2) is 0 Å². The van der Waals surface area contributed by atoms with Crippen molar-refractivity contribution in [2.24, 2.45) is 0 Å². The van der Waals surface area contributed by atoms with E-state index in [-0.39, 0.29) is 5.54 Å². The molecule has 2 rings (SSSR count). The van der Waals surface area contributed by atoms with Crippen molar-refractivity contribution in [3.63, 3.8) is 0 Å². The molecule has 0 bridgehead atoms. The smallest absolute Gasteiger partial charge is 0.118 e. The molecule has 0 saturated heterocycles. The normalized spacial score (nSPS) is 19.1. The summed E-state index contributed by atoms with van der Waals surface area (Å²) in [6.45, 7) is 0. The van der Waals surface area contributed by atoms with Gasteiger partial charge >= 0.3 is 0 Å². The van der Waals surface area contributed by atoms with Crippen LogP contribution in [0, 0.1) is 0 Å². The van der Waals surface area contributed by atoms with Gasteiger partial charge in [0.05, 0.1) is 13.2 Å². The van der Waals surface area contributed by atoms with Gasteiger partial charge in [-0.3, -0.25) is 0 Å². The number of ether oxygens (including phenoxy) is 1. The van der Waals surface area contributed by atoms with Gasteiger partial charge in [0.15, 0.2) is 0 Å². The summed E-state index contributed by atoms with van der Waals surface area (Å²) in [5, 5.41) is 3.49. The molecule has 1 unspecified atom stereocenters. The van der Waals surface area contributed by atoms with Gasteiger partial charge in [-0.2, -0.15) is 0 Å². The molecular formula is C14H22N2O. The van der Waals surface area contributed by atoms with Crippen LogP contribution >= 0.6 is 0 Å². The lowest BCUT2D eigenvalue weighted by molar-refractivity contribution is 0.223. The van der Waals surface area contributed by atoms with Crippen molar-refractivity contribution in [3.8, 4) is 5.75 Å². The van der Waals surface area contributed by atoms with E-state index in [4.69, 9.17) is 4.74 Å². The Morgan fingerprint density at radius 2 is 1.82 bits per heavy atom. The third-order valence-electron chi connectivity index (χ3n) is 3.76. The molecule has 0 amide bonds. The Bertz CT molecular complexity index is 368. The van der Waals surface area contributed by atoms with E-state index in [0.717, 1.165) is 5.75 Å². The molecule has 0 spiro atoms. The van der Waals surface area contributed by atoms with Crippen LogP contribution < -0.4 is 10.1 Å². The van der Waals surface area contributed by atoms with Gasteiger partial charge in [-0.15, -0.1) is 0 Å². The molecule has 0 aromatic heterocycles. The number of nitrogens with zero attached hydrogens (tertiary/aromatic N) is 1. The highest BCUT2D eigenvalue weighted by Gasteiger charge is 2.49. The van der Waals surface area contributed by atoms with Crippen LogP contribution in [0.25, 0.3) is 0 Å². The molecule has 1 N–H and O–H groups in total. The Morgan fingerprint density at radius 1 is 1.24 bits per heavy atom. The van der Waals surface area contributed by atoms with E-state index < -0.39 is 0 Å². The summed E-state index contributed by atoms with van der Waals surface area (Å²) in [6, 6.07) is 8.84. The number of nitrogens with one attached hydrogen (secondary N) is 1. The molecule has 1 aliphatic rings. The molecule has 17 heavy (non-hydrogen) atoms. The summed E-state index contributed by atoms with van der Waals surface area (Å²) in [6.07, 6.45) is 2.50. The fraction of sp³-hybridized carbons (Fsp3) is 0.571. The topological polar surface area (TPSA) is 24.5 Å². The molecule has 94 valence electrons. The Labute approximate surface area is 104 Å². The maximum absolute atomic E-state index is 5.21. The zero-order chi connectivity index (χ0) is 12.5. The lowest BCUT2D eigenvalue weighted by Crippen LogP contribution is -2.41. The Balaban J connectivity index is 2.27. The van der Waals surface area contributed by atoms with Crippen LogP contribution in [-0.2, 0) is 0 Å². The van der Waals surface area contributed by atoms with Crippen molar-refractivity contribution in [1.29, 1.82) is 0 Å². The Hall–Kier alpha value is -1.06. The predicted octanol–water partition coefficient (Wildman–Crippen LogP) is 2.05. The van der Waals surface area contributed by atoms with Crippen LogP contribution in [0.1, 0.15) is 24.4 Å². The first kappa shape index (κ1) is 12.4. The minimum Gasteiger partial charge on any atom is -0.497 e. The van der Waals surface area contributed by atoms with Crippen molar-refractivity contribution in [2.45, 2.75) is 24.4 Å². The second kappa shape index (κ2) is 4.67. The highest BCUT2D eigenvalue weighted by Crippen LogP contribution is 2.48. The molecule has 3 nitrogen and oxygen atoms in total. The van der Waals surface area contributed by atoms with Gasteiger partial charge in [0, 0.05) is 5.54 Å². The van der Waals surface area contributed by atoms with E-state index in [1.807, 2.05) is 12.1 Å². The SMILES string of the molecule is CNC1(C(c2ccc(OC)cc2)N(C)C)CC1. The van der Waals surface area contributed by atoms with E-state index in [1.165, 1.54) is 18.4 Å². The number of benzene rings is 1. The third kappa shape index (κ3) is 2.31. The van der Waals surface area contributed by atoms with Crippen LogP contribution in [0.5, 0.6) is 5.75 Å². The summed E-state index contributed by atoms with van der Waals surface area (Å²) >= 11 is 0. The van der Waals surface area contributed by atoms with Gasteiger partial charge in [0.25, 0.3) is 0 Å². The molecule has 1 aromatic rings. The Morgan fingerprint density at radius 3 is 2.18 bits per heavy atom. The number of methoxy groups -OCH3 is 1. The van der Waals surface area contributed by atoms with E-state index in [2.05, 4.69) is 43.5 Å². The molecular weight excluding hydrogens is 212 g/mol. The standard InChI is InChI=1S/C14H22N2O/c1-15-14(9-10-14)13(16(2)3)11-5-7-12(17-4)8-6-11/h5-8,13,15H,9-10H2,1-4H3. The number of hydrogen-bond donors (Lipinski definition) is 1. The molecule has 1 aliphatic carbocycles.